The first kappa shape index (κ1) is 24.1. The van der Waals surface area contributed by atoms with Gasteiger partial charge in [-0.25, -0.2) is 14.3 Å². The van der Waals surface area contributed by atoms with E-state index in [1.165, 1.54) is 38.5 Å². The van der Waals surface area contributed by atoms with Crippen LogP contribution in [-0.2, 0) is 4.79 Å². The second kappa shape index (κ2) is 9.90. The maximum absolute atomic E-state index is 13.8. The van der Waals surface area contributed by atoms with Crippen molar-refractivity contribution in [2.45, 2.75) is 90.1 Å². The fourth-order valence-corrected chi connectivity index (χ4v) is 7.10. The molecule has 2 fully saturated rings. The maximum atomic E-state index is 13.8. The van der Waals surface area contributed by atoms with E-state index in [-0.39, 0.29) is 5.91 Å². The summed E-state index contributed by atoms with van der Waals surface area (Å²) in [5, 5.41) is 7.66. The fraction of sp³-hybridized carbons (Fsp3) is 0.452. The van der Waals surface area contributed by atoms with E-state index in [0.717, 1.165) is 64.9 Å². The van der Waals surface area contributed by atoms with E-state index in [1.54, 1.807) is 0 Å². The van der Waals surface area contributed by atoms with E-state index in [2.05, 4.69) is 41.4 Å². The molecule has 192 valence electrons. The number of carbonyl (C=O) groups excluding carboxylic acids is 1. The normalized spacial score (nSPS) is 17.9. The average Bonchev–Trinajstić information content (AvgIpc) is 3.57. The van der Waals surface area contributed by atoms with Crippen LogP contribution in [0.3, 0.4) is 0 Å². The Morgan fingerprint density at radius 2 is 1.65 bits per heavy atom. The predicted molar refractivity (Wildman–Crippen MR) is 148 cm³/mol. The highest BCUT2D eigenvalue weighted by atomic mass is 16.3. The lowest BCUT2D eigenvalue weighted by molar-refractivity contribution is -0.134. The topological polar surface area (TPSA) is 71.8 Å². The number of H-pyrrole nitrogens is 1. The first-order chi connectivity index (χ1) is 18.1. The summed E-state index contributed by atoms with van der Waals surface area (Å²) in [6.45, 7) is 3.88. The van der Waals surface area contributed by atoms with Crippen LogP contribution in [0.4, 0.5) is 5.69 Å². The third kappa shape index (κ3) is 4.21. The summed E-state index contributed by atoms with van der Waals surface area (Å²) in [5.41, 5.74) is 6.50. The summed E-state index contributed by atoms with van der Waals surface area (Å²) >= 11 is 0. The molecule has 2 aromatic carbocycles. The third-order valence-corrected chi connectivity index (χ3v) is 8.78. The SMILES string of the molecule is CC(=O)[N+](c1cccc(-c2n[nH]cc2-c2nc3ccc(C)cc3o2)c1)(C1CCCCC1)C1CCCCC1. The number of aromatic amines is 1. The van der Waals surface area contributed by atoms with E-state index >= 15 is 0 Å². The summed E-state index contributed by atoms with van der Waals surface area (Å²) in [5.74, 6) is 0.842. The highest BCUT2D eigenvalue weighted by Crippen LogP contribution is 2.43. The number of fused-ring (bicyclic) bond motifs is 1. The number of aromatic nitrogens is 3. The van der Waals surface area contributed by atoms with Crippen molar-refractivity contribution in [3.63, 3.8) is 0 Å². The summed E-state index contributed by atoms with van der Waals surface area (Å²) in [4.78, 5) is 18.5. The van der Waals surface area contributed by atoms with E-state index in [0.29, 0.717) is 22.5 Å². The second-order valence-electron chi connectivity index (χ2n) is 11.1. The Kier molecular flexibility index (Phi) is 6.45. The minimum Gasteiger partial charge on any atom is -0.436 e. The molecular formula is C31H37N4O2+. The van der Waals surface area contributed by atoms with Crippen LogP contribution >= 0.6 is 0 Å². The Morgan fingerprint density at radius 3 is 2.32 bits per heavy atom. The lowest BCUT2D eigenvalue weighted by Gasteiger charge is -2.49. The number of benzene rings is 2. The van der Waals surface area contributed by atoms with Gasteiger partial charge in [0.15, 0.2) is 5.58 Å². The van der Waals surface area contributed by atoms with Crippen molar-refractivity contribution in [2.24, 2.45) is 0 Å². The minimum absolute atomic E-state index is 0.285. The van der Waals surface area contributed by atoms with Crippen LogP contribution in [0, 0.1) is 6.92 Å². The number of nitrogens with zero attached hydrogens (tertiary/aromatic N) is 3. The molecule has 2 aliphatic carbocycles. The highest BCUT2D eigenvalue weighted by molar-refractivity contribution is 5.89. The van der Waals surface area contributed by atoms with Crippen molar-refractivity contribution >= 4 is 22.7 Å². The molecule has 6 heteroatoms. The molecule has 6 nitrogen and oxygen atoms in total. The molecule has 0 spiro atoms. The van der Waals surface area contributed by atoms with Gasteiger partial charge in [0.1, 0.15) is 29.0 Å². The van der Waals surface area contributed by atoms with Gasteiger partial charge in [0.05, 0.1) is 12.5 Å². The van der Waals surface area contributed by atoms with Crippen LogP contribution in [0.2, 0.25) is 0 Å². The van der Waals surface area contributed by atoms with Gasteiger partial charge in [-0.3, -0.25) is 5.10 Å². The zero-order chi connectivity index (χ0) is 25.4. The van der Waals surface area contributed by atoms with Gasteiger partial charge in [-0.1, -0.05) is 31.0 Å². The van der Waals surface area contributed by atoms with Crippen molar-refractivity contribution < 1.29 is 9.21 Å². The first-order valence-corrected chi connectivity index (χ1v) is 14.0. The molecule has 37 heavy (non-hydrogen) atoms. The molecule has 0 atom stereocenters. The van der Waals surface area contributed by atoms with Crippen molar-refractivity contribution in [1.82, 2.24) is 19.7 Å². The molecule has 2 heterocycles. The fourth-order valence-electron chi connectivity index (χ4n) is 7.10. The number of nitrogens with one attached hydrogen (secondary N) is 1. The smallest absolute Gasteiger partial charge is 0.316 e. The quantitative estimate of drug-likeness (QED) is 0.287. The first-order valence-electron chi connectivity index (χ1n) is 14.0. The van der Waals surface area contributed by atoms with Crippen molar-refractivity contribution in [3.05, 3.63) is 54.2 Å². The number of oxazole rings is 1. The average molecular weight is 498 g/mol. The Morgan fingerprint density at radius 1 is 0.946 bits per heavy atom. The number of aryl methyl sites for hydroxylation is 1. The lowest BCUT2D eigenvalue weighted by Crippen LogP contribution is -2.66. The molecule has 2 aliphatic rings. The Balaban J connectivity index is 1.46. The molecule has 0 aliphatic heterocycles. The molecule has 2 aromatic heterocycles. The van der Waals surface area contributed by atoms with Crippen LogP contribution < -0.4 is 4.48 Å². The molecule has 1 N–H and O–H groups in total. The Hall–Kier alpha value is -3.25. The highest BCUT2D eigenvalue weighted by Gasteiger charge is 2.50. The summed E-state index contributed by atoms with van der Waals surface area (Å²) in [6, 6.07) is 15.3. The standard InChI is InChI=1S/C31H37N4O2/c1-21-16-17-28-29(18-21)37-31(33-28)27-20-32-34-30(27)23-10-9-15-26(19-23)35(22(2)36,24-11-5-3-6-12-24)25-13-7-4-8-14-25/h9-10,15-20,24-25H,3-8,11-14H2,1-2H3,(H,32,34)/q+1. The molecule has 0 radical (unpaired) electrons. The van der Waals surface area contributed by atoms with E-state index in [9.17, 15) is 4.79 Å². The minimum atomic E-state index is 0.285. The summed E-state index contributed by atoms with van der Waals surface area (Å²) in [7, 11) is 0. The van der Waals surface area contributed by atoms with E-state index < -0.39 is 0 Å². The zero-order valence-electron chi connectivity index (χ0n) is 22.0. The van der Waals surface area contributed by atoms with Crippen molar-refractivity contribution in [2.75, 3.05) is 0 Å². The van der Waals surface area contributed by atoms with Gasteiger partial charge in [-0.05, 0) is 56.4 Å². The van der Waals surface area contributed by atoms with Gasteiger partial charge in [-0.2, -0.15) is 5.10 Å². The third-order valence-electron chi connectivity index (χ3n) is 8.78. The van der Waals surface area contributed by atoms with E-state index in [4.69, 9.17) is 9.40 Å². The number of rotatable bonds is 5. The van der Waals surface area contributed by atoms with Gasteiger partial charge in [0.2, 0.25) is 5.89 Å². The monoisotopic (exact) mass is 497 g/mol. The number of amides is 1. The molecular weight excluding hydrogens is 460 g/mol. The lowest BCUT2D eigenvalue weighted by atomic mass is 9.84. The van der Waals surface area contributed by atoms with Crippen LogP contribution in [-0.4, -0.2) is 33.2 Å². The van der Waals surface area contributed by atoms with Gasteiger partial charge in [0.25, 0.3) is 0 Å². The van der Waals surface area contributed by atoms with Crippen LogP contribution in [0.1, 0.15) is 76.7 Å². The molecule has 2 saturated carbocycles. The molecule has 1 amide bonds. The van der Waals surface area contributed by atoms with Crippen molar-refractivity contribution in [1.29, 1.82) is 0 Å². The Labute approximate surface area is 218 Å². The largest absolute Gasteiger partial charge is 0.436 e. The van der Waals surface area contributed by atoms with Crippen LogP contribution in [0.25, 0.3) is 33.8 Å². The number of hydrogen-bond acceptors (Lipinski definition) is 4. The van der Waals surface area contributed by atoms with E-state index in [1.807, 2.05) is 31.3 Å². The van der Waals surface area contributed by atoms with Gasteiger partial charge in [0, 0.05) is 43.5 Å². The number of hydrogen-bond donors (Lipinski definition) is 1. The molecule has 6 rings (SSSR count). The van der Waals surface area contributed by atoms with Gasteiger partial charge in [-0.15, -0.1) is 0 Å². The van der Waals surface area contributed by atoms with Crippen LogP contribution in [0.5, 0.6) is 0 Å². The molecule has 0 bridgehead atoms. The van der Waals surface area contributed by atoms with Gasteiger partial charge < -0.3 is 4.42 Å². The van der Waals surface area contributed by atoms with Crippen molar-refractivity contribution in [3.8, 4) is 22.7 Å². The number of quaternary nitrogens is 1. The summed E-state index contributed by atoms with van der Waals surface area (Å²) in [6.07, 6.45) is 13.7. The van der Waals surface area contributed by atoms with Gasteiger partial charge >= 0.3 is 5.91 Å². The molecule has 4 aromatic rings. The molecule has 0 unspecified atom stereocenters. The number of carbonyl (C=O) groups is 1. The molecule has 0 saturated heterocycles. The second-order valence-corrected chi connectivity index (χ2v) is 11.1. The zero-order valence-corrected chi connectivity index (χ0v) is 22.0. The van der Waals surface area contributed by atoms with Crippen LogP contribution in [0.15, 0.2) is 53.1 Å². The Bertz CT molecular complexity index is 1390. The summed E-state index contributed by atoms with van der Waals surface area (Å²) < 4.78 is 6.65. The predicted octanol–water partition coefficient (Wildman–Crippen LogP) is 7.71. The maximum Gasteiger partial charge on any atom is 0.316 e.